The molecule has 4 rings (SSSR count). The maximum atomic E-state index is 12.6. The summed E-state index contributed by atoms with van der Waals surface area (Å²) in [7, 11) is 1.64. The molecule has 0 radical (unpaired) electrons. The molecule has 0 aliphatic rings. The van der Waals surface area contributed by atoms with Gasteiger partial charge in [-0.2, -0.15) is 0 Å². The van der Waals surface area contributed by atoms with Crippen LogP contribution < -0.4 is 5.56 Å². The van der Waals surface area contributed by atoms with Crippen molar-refractivity contribution in [2.75, 3.05) is 0 Å². The van der Waals surface area contributed by atoms with Gasteiger partial charge in [0.05, 0.1) is 16.6 Å². The Kier molecular flexibility index (Phi) is 4.44. The van der Waals surface area contributed by atoms with E-state index >= 15 is 0 Å². The fourth-order valence-electron chi connectivity index (χ4n) is 2.96. The smallest absolute Gasteiger partial charge is 0.331 e. The number of aromatic nitrogens is 5. The van der Waals surface area contributed by atoms with Crippen molar-refractivity contribution < 1.29 is 9.53 Å². The van der Waals surface area contributed by atoms with Gasteiger partial charge in [0.15, 0.2) is 12.4 Å². The van der Waals surface area contributed by atoms with Gasteiger partial charge in [0.2, 0.25) is 5.78 Å². The number of nitrogens with zero attached hydrogens (tertiary/aromatic N) is 5. The summed E-state index contributed by atoms with van der Waals surface area (Å²) >= 11 is 0. The van der Waals surface area contributed by atoms with Crippen molar-refractivity contribution in [3.8, 4) is 0 Å². The predicted molar refractivity (Wildman–Crippen MR) is 104 cm³/mol. The largest absolute Gasteiger partial charge is 0.454 e. The molecule has 8 heteroatoms. The number of carbonyl (C=O) groups excluding carboxylic acids is 1. The Morgan fingerprint density at radius 2 is 2.07 bits per heavy atom. The summed E-state index contributed by atoms with van der Waals surface area (Å²) in [6.45, 7) is 1.85. The van der Waals surface area contributed by atoms with Gasteiger partial charge in [-0.1, -0.05) is 17.7 Å². The van der Waals surface area contributed by atoms with Gasteiger partial charge in [0.1, 0.15) is 0 Å². The Morgan fingerprint density at radius 1 is 1.21 bits per heavy atom. The van der Waals surface area contributed by atoms with Crippen LogP contribution in [0.2, 0.25) is 0 Å². The highest BCUT2D eigenvalue weighted by Crippen LogP contribution is 2.16. The molecule has 28 heavy (non-hydrogen) atoms. The highest BCUT2D eigenvalue weighted by atomic mass is 16.5. The molecule has 8 nitrogen and oxygen atoms in total. The first-order chi connectivity index (χ1) is 13.5. The maximum absolute atomic E-state index is 12.6. The molecule has 4 aromatic rings. The SMILES string of the molecule is Cc1ccc2c(c1)c(=O)n(C)c1nnc(COC(=O)C=Cc3ccccn3)n21. The molecule has 0 spiro atoms. The topological polar surface area (TPSA) is 91.4 Å². The van der Waals surface area contributed by atoms with Crippen molar-refractivity contribution in [2.24, 2.45) is 7.05 Å². The summed E-state index contributed by atoms with van der Waals surface area (Å²) in [5.41, 5.74) is 2.15. The molecule has 140 valence electrons. The lowest BCUT2D eigenvalue weighted by Crippen LogP contribution is -2.20. The lowest BCUT2D eigenvalue weighted by Gasteiger charge is -2.08. The second-order valence-electron chi connectivity index (χ2n) is 6.33. The van der Waals surface area contributed by atoms with E-state index in [2.05, 4.69) is 15.2 Å². The quantitative estimate of drug-likeness (QED) is 0.400. The van der Waals surface area contributed by atoms with E-state index in [-0.39, 0.29) is 12.2 Å². The van der Waals surface area contributed by atoms with Gasteiger partial charge >= 0.3 is 5.97 Å². The number of hydrogen-bond acceptors (Lipinski definition) is 6. The van der Waals surface area contributed by atoms with Crippen LogP contribution in [0.25, 0.3) is 22.8 Å². The van der Waals surface area contributed by atoms with E-state index in [1.54, 1.807) is 35.9 Å². The molecule has 0 saturated carbocycles. The van der Waals surface area contributed by atoms with E-state index in [9.17, 15) is 9.59 Å². The zero-order valence-corrected chi connectivity index (χ0v) is 15.4. The van der Waals surface area contributed by atoms with Crippen LogP contribution in [0.4, 0.5) is 0 Å². The molecule has 0 saturated heterocycles. The molecule has 1 aromatic carbocycles. The molecule has 0 aliphatic heterocycles. The van der Waals surface area contributed by atoms with Crippen LogP contribution in [0.5, 0.6) is 0 Å². The van der Waals surface area contributed by atoms with Gasteiger partial charge < -0.3 is 4.74 Å². The van der Waals surface area contributed by atoms with Gasteiger partial charge in [-0.3, -0.25) is 18.7 Å². The number of rotatable bonds is 4. The van der Waals surface area contributed by atoms with E-state index < -0.39 is 5.97 Å². The number of aryl methyl sites for hydroxylation is 2. The Hall–Kier alpha value is -3.81. The Labute approximate surface area is 159 Å². The van der Waals surface area contributed by atoms with E-state index in [1.807, 2.05) is 31.2 Å². The van der Waals surface area contributed by atoms with Gasteiger partial charge in [-0.25, -0.2) is 4.79 Å². The minimum Gasteiger partial charge on any atom is -0.454 e. The summed E-state index contributed by atoms with van der Waals surface area (Å²) < 4.78 is 8.45. The molecule has 0 fully saturated rings. The summed E-state index contributed by atoms with van der Waals surface area (Å²) in [6, 6.07) is 11.0. The molecule has 3 heterocycles. The highest BCUT2D eigenvalue weighted by molar-refractivity contribution is 5.86. The summed E-state index contributed by atoms with van der Waals surface area (Å²) in [4.78, 5) is 28.7. The zero-order chi connectivity index (χ0) is 19.7. The highest BCUT2D eigenvalue weighted by Gasteiger charge is 2.15. The van der Waals surface area contributed by atoms with Crippen LogP contribution in [0, 0.1) is 6.92 Å². The number of carbonyl (C=O) groups is 1. The second kappa shape index (κ2) is 7.07. The first-order valence-corrected chi connectivity index (χ1v) is 8.64. The molecule has 0 unspecified atom stereocenters. The average Bonchev–Trinajstić information content (AvgIpc) is 3.14. The molecule has 0 aliphatic carbocycles. The third-order valence-electron chi connectivity index (χ3n) is 4.36. The molecule has 0 atom stereocenters. The standard InChI is InChI=1S/C20H17N5O3/c1-13-6-8-16-15(11-13)19(27)24(2)20-23-22-17(25(16)20)12-28-18(26)9-7-14-5-3-4-10-21-14/h3-11H,12H2,1-2H3. The van der Waals surface area contributed by atoms with Crippen LogP contribution in [-0.2, 0) is 23.2 Å². The van der Waals surface area contributed by atoms with Crippen molar-refractivity contribution >= 4 is 28.7 Å². The number of hydrogen-bond donors (Lipinski definition) is 0. The normalized spacial score (nSPS) is 11.5. The van der Waals surface area contributed by atoms with Crippen LogP contribution in [0.3, 0.4) is 0 Å². The second-order valence-corrected chi connectivity index (χ2v) is 6.33. The monoisotopic (exact) mass is 375 g/mol. The Morgan fingerprint density at radius 3 is 2.86 bits per heavy atom. The van der Waals surface area contributed by atoms with Crippen LogP contribution in [-0.4, -0.2) is 30.1 Å². The predicted octanol–water partition coefficient (Wildman–Crippen LogP) is 2.04. The third-order valence-corrected chi connectivity index (χ3v) is 4.36. The number of fused-ring (bicyclic) bond motifs is 3. The van der Waals surface area contributed by atoms with Gasteiger partial charge in [-0.15, -0.1) is 10.2 Å². The molecule has 0 bridgehead atoms. The fourth-order valence-corrected chi connectivity index (χ4v) is 2.96. The van der Waals surface area contributed by atoms with Crippen molar-refractivity contribution in [1.29, 1.82) is 0 Å². The van der Waals surface area contributed by atoms with Crippen LogP contribution in [0.1, 0.15) is 17.1 Å². The van der Waals surface area contributed by atoms with Crippen molar-refractivity contribution in [3.05, 3.63) is 76.1 Å². The molecular formula is C20H17N5O3. The lowest BCUT2D eigenvalue weighted by molar-refractivity contribution is -0.139. The fraction of sp³-hybridized carbons (Fsp3) is 0.150. The lowest BCUT2D eigenvalue weighted by atomic mass is 10.1. The molecule has 0 amide bonds. The Balaban J connectivity index is 1.65. The summed E-state index contributed by atoms with van der Waals surface area (Å²) in [5.74, 6) is 0.294. The van der Waals surface area contributed by atoms with Gasteiger partial charge in [0.25, 0.3) is 5.56 Å². The molecular weight excluding hydrogens is 358 g/mol. The van der Waals surface area contributed by atoms with E-state index in [0.717, 1.165) is 5.56 Å². The van der Waals surface area contributed by atoms with Gasteiger partial charge in [0, 0.05) is 19.3 Å². The minimum absolute atomic E-state index is 0.0757. The first kappa shape index (κ1) is 17.6. The van der Waals surface area contributed by atoms with Crippen molar-refractivity contribution in [2.45, 2.75) is 13.5 Å². The average molecular weight is 375 g/mol. The molecule has 0 N–H and O–H groups in total. The number of benzene rings is 1. The minimum atomic E-state index is -0.521. The zero-order valence-electron chi connectivity index (χ0n) is 15.4. The Bertz CT molecular complexity index is 1270. The summed E-state index contributed by atoms with van der Waals surface area (Å²) in [5, 5.41) is 8.73. The number of esters is 1. The third kappa shape index (κ3) is 3.16. The first-order valence-electron chi connectivity index (χ1n) is 8.64. The van der Waals surface area contributed by atoms with Crippen LogP contribution in [0.15, 0.2) is 53.5 Å². The van der Waals surface area contributed by atoms with Crippen molar-refractivity contribution in [1.82, 2.24) is 24.1 Å². The van der Waals surface area contributed by atoms with Crippen LogP contribution >= 0.6 is 0 Å². The molecule has 3 aromatic heterocycles. The number of ether oxygens (including phenoxy) is 1. The summed E-state index contributed by atoms with van der Waals surface area (Å²) in [6.07, 6.45) is 4.53. The maximum Gasteiger partial charge on any atom is 0.331 e. The van der Waals surface area contributed by atoms with E-state index in [4.69, 9.17) is 4.74 Å². The van der Waals surface area contributed by atoms with Crippen molar-refractivity contribution in [3.63, 3.8) is 0 Å². The van der Waals surface area contributed by atoms with E-state index in [1.165, 1.54) is 10.6 Å². The van der Waals surface area contributed by atoms with E-state index in [0.29, 0.717) is 28.2 Å². The number of pyridine rings is 1. The van der Waals surface area contributed by atoms with Gasteiger partial charge in [-0.05, 0) is 37.3 Å².